The minimum atomic E-state index is -3.53. The molecule has 1 saturated heterocycles. The van der Waals surface area contributed by atoms with Crippen molar-refractivity contribution < 1.29 is 32.4 Å². The molecule has 14 heteroatoms. The summed E-state index contributed by atoms with van der Waals surface area (Å²) in [6.45, 7) is 15.7. The Hall–Kier alpha value is -3.52. The maximum atomic E-state index is 14.9. The van der Waals surface area contributed by atoms with Crippen LogP contribution >= 0.6 is 0 Å². The molecule has 1 aromatic rings. The molecule has 4 rings (SSSR count). The van der Waals surface area contributed by atoms with E-state index in [4.69, 9.17) is 0 Å². The highest BCUT2D eigenvalue weighted by molar-refractivity contribution is 7.89. The van der Waals surface area contributed by atoms with E-state index in [1.165, 1.54) is 4.31 Å². The fourth-order valence-electron chi connectivity index (χ4n) is 7.77. The van der Waals surface area contributed by atoms with Gasteiger partial charge in [0.15, 0.2) is 0 Å². The van der Waals surface area contributed by atoms with Gasteiger partial charge in [0.2, 0.25) is 27.6 Å². The predicted molar refractivity (Wildman–Crippen MR) is 209 cm³/mol. The topological polar surface area (TPSA) is 174 Å². The van der Waals surface area contributed by atoms with Crippen LogP contribution in [0, 0.1) is 23.2 Å². The summed E-state index contributed by atoms with van der Waals surface area (Å²) in [7, 11) is -3.53. The zero-order chi connectivity index (χ0) is 40.0. The van der Waals surface area contributed by atoms with Gasteiger partial charge in [-0.15, -0.1) is 0 Å². The molecule has 1 heterocycles. The molecule has 3 aliphatic rings. The second-order valence-corrected chi connectivity index (χ2v) is 19.0. The summed E-state index contributed by atoms with van der Waals surface area (Å²) in [4.78, 5) is 70.9. The van der Waals surface area contributed by atoms with Crippen molar-refractivity contribution in [1.82, 2.24) is 30.5 Å². The molecule has 5 atom stereocenters. The van der Waals surface area contributed by atoms with Crippen molar-refractivity contribution in [2.45, 2.75) is 137 Å². The number of sulfonamides is 1. The maximum Gasteiger partial charge on any atom is 0.315 e. The Bertz CT molecular complexity index is 1600. The second kappa shape index (κ2) is 18.4. The van der Waals surface area contributed by atoms with E-state index in [1.807, 2.05) is 65.8 Å². The summed E-state index contributed by atoms with van der Waals surface area (Å²) < 4.78 is 27.1. The summed E-state index contributed by atoms with van der Waals surface area (Å²) in [5.41, 5.74) is 1.66. The van der Waals surface area contributed by atoms with Crippen LogP contribution in [0.15, 0.2) is 24.3 Å². The molecule has 2 fully saturated rings. The average molecular weight is 773 g/mol. The number of fused-ring (bicyclic) bond motifs is 1. The summed E-state index contributed by atoms with van der Waals surface area (Å²) in [5.74, 6) is -2.78. The highest BCUT2D eigenvalue weighted by Gasteiger charge is 2.48. The number of urea groups is 1. The molecule has 1 saturated carbocycles. The van der Waals surface area contributed by atoms with Gasteiger partial charge in [-0.2, -0.15) is 0 Å². The first kappa shape index (κ1) is 43.2. The number of likely N-dealkylation sites (tertiary alicyclic amines) is 1. The molecule has 0 bridgehead atoms. The molecule has 13 nitrogen and oxygen atoms in total. The number of Topliss-reactive ketones (excluding diaryl/α,β-unsaturated/α-hetero) is 1. The van der Waals surface area contributed by atoms with Crippen LogP contribution in [0.4, 0.5) is 4.79 Å². The van der Waals surface area contributed by atoms with Crippen LogP contribution in [0.25, 0.3) is 0 Å². The van der Waals surface area contributed by atoms with Crippen molar-refractivity contribution in [2.75, 3.05) is 25.4 Å². The fraction of sp³-hybridized carbons (Fsp3) is 0.725. The minimum Gasteiger partial charge on any atom is -0.347 e. The third-order valence-corrected chi connectivity index (χ3v) is 13.3. The fourth-order valence-corrected chi connectivity index (χ4v) is 8.90. The summed E-state index contributed by atoms with van der Waals surface area (Å²) in [5, 5.41) is 11.6. The first-order chi connectivity index (χ1) is 25.4. The number of benzene rings is 1. The van der Waals surface area contributed by atoms with Gasteiger partial charge in [0.1, 0.15) is 12.1 Å². The first-order valence-electron chi connectivity index (χ1n) is 20.0. The minimum absolute atomic E-state index is 0.00533. The van der Waals surface area contributed by atoms with Gasteiger partial charge in [0.05, 0.1) is 11.8 Å². The third-order valence-electron chi connectivity index (χ3n) is 11.4. The molecule has 2 aliphatic carbocycles. The maximum absolute atomic E-state index is 14.9. The molecule has 2 unspecified atom stereocenters. The standard InChI is InChI=1S/C40H64N6O7S/c1-9-12-17-31(35(47)37(49)41-29-18-19-29)42-36(48)34-30(25(4)5)20-21-46(34)38(50)33(28-22-26-15-13-14-16-27(26)23-28)44-39(51)43-32(40(6,7)8)24-45(10-2)54(52,53)11-3/h13-16,25,28-34H,9-12,17-24H2,1-8H3,(H,41,49)(H,42,48)(H2,43,44,51)/t30?,31?,32-,33+,34+/m1/s1. The van der Waals surface area contributed by atoms with Gasteiger partial charge >= 0.3 is 6.03 Å². The van der Waals surface area contributed by atoms with E-state index in [-0.39, 0.29) is 48.5 Å². The van der Waals surface area contributed by atoms with Gasteiger partial charge < -0.3 is 26.2 Å². The van der Waals surface area contributed by atoms with Gasteiger partial charge in [-0.1, -0.05) is 85.6 Å². The molecular formula is C40H64N6O7S. The molecular weight excluding hydrogens is 709 g/mol. The van der Waals surface area contributed by atoms with Gasteiger partial charge in [0.25, 0.3) is 5.91 Å². The van der Waals surface area contributed by atoms with Crippen LogP contribution in [0.1, 0.15) is 105 Å². The van der Waals surface area contributed by atoms with Crippen molar-refractivity contribution in [3.8, 4) is 0 Å². The highest BCUT2D eigenvalue weighted by Crippen LogP contribution is 2.35. The van der Waals surface area contributed by atoms with E-state index in [1.54, 1.807) is 18.7 Å². The Morgan fingerprint density at radius 2 is 1.56 bits per heavy atom. The van der Waals surface area contributed by atoms with E-state index in [9.17, 15) is 32.4 Å². The number of amides is 5. The molecule has 54 heavy (non-hydrogen) atoms. The third kappa shape index (κ3) is 10.8. The van der Waals surface area contributed by atoms with Crippen molar-refractivity contribution in [1.29, 1.82) is 0 Å². The Balaban J connectivity index is 1.62. The summed E-state index contributed by atoms with van der Waals surface area (Å²) in [6, 6.07) is 3.84. The van der Waals surface area contributed by atoms with Gasteiger partial charge in [-0.3, -0.25) is 19.2 Å². The molecule has 302 valence electrons. The predicted octanol–water partition coefficient (Wildman–Crippen LogP) is 3.55. The zero-order valence-electron chi connectivity index (χ0n) is 33.6. The summed E-state index contributed by atoms with van der Waals surface area (Å²) in [6.07, 6.45) is 5.03. The van der Waals surface area contributed by atoms with Crippen LogP contribution < -0.4 is 21.3 Å². The molecule has 1 aliphatic heterocycles. The van der Waals surface area contributed by atoms with Gasteiger partial charge in [-0.05, 0) is 79.7 Å². The molecule has 0 radical (unpaired) electrons. The van der Waals surface area contributed by atoms with Crippen molar-refractivity contribution in [3.63, 3.8) is 0 Å². The molecule has 0 spiro atoms. The number of likely N-dealkylation sites (N-methyl/N-ethyl adjacent to an activating group) is 1. The lowest BCUT2D eigenvalue weighted by molar-refractivity contribution is -0.144. The number of nitrogens with one attached hydrogen (secondary N) is 4. The van der Waals surface area contributed by atoms with E-state index in [0.29, 0.717) is 38.6 Å². The first-order valence-corrected chi connectivity index (χ1v) is 21.6. The second-order valence-electron chi connectivity index (χ2n) is 16.8. The number of rotatable bonds is 18. The summed E-state index contributed by atoms with van der Waals surface area (Å²) >= 11 is 0. The van der Waals surface area contributed by atoms with Gasteiger partial charge in [0, 0.05) is 31.7 Å². The Kier molecular flexibility index (Phi) is 14.7. The van der Waals surface area contributed by atoms with Crippen molar-refractivity contribution in [2.24, 2.45) is 23.2 Å². The molecule has 4 N–H and O–H groups in total. The average Bonchev–Trinajstić information content (AvgIpc) is 3.64. The Morgan fingerprint density at radius 3 is 2.07 bits per heavy atom. The lowest BCUT2D eigenvalue weighted by Gasteiger charge is -2.37. The van der Waals surface area contributed by atoms with E-state index in [0.717, 1.165) is 30.4 Å². The van der Waals surface area contributed by atoms with E-state index in [2.05, 4.69) is 21.3 Å². The van der Waals surface area contributed by atoms with Gasteiger partial charge in [-0.25, -0.2) is 17.5 Å². The SMILES string of the molecule is CCCCC(NC(=O)[C@@H]1C(C(C)C)CCN1C(=O)[C@@H](NC(=O)N[C@H](CN(CC)S(=O)(=O)CC)C(C)(C)C)C1Cc2ccccc2C1)C(=O)C(=O)NC1CC1. The normalized spacial score (nSPS) is 20.7. The zero-order valence-corrected chi connectivity index (χ0v) is 34.4. The number of hydrogen-bond donors (Lipinski definition) is 4. The molecule has 1 aromatic carbocycles. The number of carbonyl (C=O) groups excluding carboxylic acids is 5. The largest absolute Gasteiger partial charge is 0.347 e. The van der Waals surface area contributed by atoms with Crippen LogP contribution in [0.2, 0.25) is 0 Å². The smallest absolute Gasteiger partial charge is 0.315 e. The monoisotopic (exact) mass is 772 g/mol. The van der Waals surface area contributed by atoms with Crippen LogP contribution in [0.5, 0.6) is 0 Å². The number of unbranched alkanes of at least 4 members (excludes halogenated alkanes) is 1. The quantitative estimate of drug-likeness (QED) is 0.165. The lowest BCUT2D eigenvalue weighted by atomic mass is 9.86. The van der Waals surface area contributed by atoms with Crippen molar-refractivity contribution in [3.05, 3.63) is 35.4 Å². The van der Waals surface area contributed by atoms with E-state index < -0.39 is 63.2 Å². The number of nitrogens with zero attached hydrogens (tertiary/aromatic N) is 2. The highest BCUT2D eigenvalue weighted by atomic mass is 32.2. The van der Waals surface area contributed by atoms with Crippen molar-refractivity contribution >= 4 is 39.6 Å². The number of hydrogen-bond acceptors (Lipinski definition) is 7. The van der Waals surface area contributed by atoms with E-state index >= 15 is 0 Å². The van der Waals surface area contributed by atoms with Crippen LogP contribution in [-0.2, 0) is 42.0 Å². The number of carbonyl (C=O) groups is 5. The van der Waals surface area contributed by atoms with Crippen LogP contribution in [-0.4, -0.2) is 103 Å². The Labute approximate surface area is 322 Å². The Morgan fingerprint density at radius 1 is 0.926 bits per heavy atom. The van der Waals surface area contributed by atoms with Crippen LogP contribution in [0.3, 0.4) is 0 Å². The molecule has 0 aromatic heterocycles. The molecule has 5 amide bonds. The number of ketones is 1. The lowest BCUT2D eigenvalue weighted by Crippen LogP contribution is -2.61.